The Bertz CT molecular complexity index is 794. The van der Waals surface area contributed by atoms with E-state index in [1.807, 2.05) is 25.1 Å². The van der Waals surface area contributed by atoms with Gasteiger partial charge in [0, 0.05) is 19.5 Å². The van der Waals surface area contributed by atoms with Crippen LogP contribution in [0, 0.1) is 11.8 Å². The maximum Gasteiger partial charge on any atom is 0.332 e. The Labute approximate surface area is 188 Å². The third-order valence-corrected chi connectivity index (χ3v) is 5.80. The van der Waals surface area contributed by atoms with Crippen LogP contribution >= 0.6 is 0 Å². The van der Waals surface area contributed by atoms with E-state index in [0.717, 1.165) is 24.2 Å². The number of likely N-dealkylation sites (tertiary alicyclic amines) is 1. The van der Waals surface area contributed by atoms with E-state index in [2.05, 4.69) is 12.1 Å². The van der Waals surface area contributed by atoms with Gasteiger partial charge in [0.15, 0.2) is 0 Å². The van der Waals surface area contributed by atoms with Crippen LogP contribution in [0.4, 0.5) is 8.78 Å². The van der Waals surface area contributed by atoms with Gasteiger partial charge in [-0.3, -0.25) is 9.59 Å². The Kier molecular flexibility index (Phi) is 10.0. The largest absolute Gasteiger partial charge is 0.481 e. The number of amides is 1. The minimum Gasteiger partial charge on any atom is -0.481 e. The van der Waals surface area contributed by atoms with E-state index < -0.39 is 29.8 Å². The lowest BCUT2D eigenvalue weighted by Crippen LogP contribution is -2.34. The number of hydrogen-bond acceptors (Lipinski definition) is 3. The fourth-order valence-electron chi connectivity index (χ4n) is 3.72. The summed E-state index contributed by atoms with van der Waals surface area (Å²) < 4.78 is 28.8. The van der Waals surface area contributed by atoms with Crippen LogP contribution in [0.5, 0.6) is 0 Å². The van der Waals surface area contributed by atoms with Crippen molar-refractivity contribution in [2.75, 3.05) is 13.1 Å². The number of hydrogen-bond donors (Lipinski definition) is 2. The van der Waals surface area contributed by atoms with Gasteiger partial charge < -0.3 is 15.1 Å². The highest BCUT2D eigenvalue weighted by molar-refractivity contribution is 5.86. The van der Waals surface area contributed by atoms with Crippen molar-refractivity contribution in [3.8, 4) is 0 Å². The normalized spacial score (nSPS) is 20.3. The Morgan fingerprint density at radius 1 is 1.25 bits per heavy atom. The van der Waals surface area contributed by atoms with Crippen LogP contribution < -0.4 is 0 Å². The first kappa shape index (κ1) is 25.7. The number of carboxylic acids is 1. The zero-order valence-corrected chi connectivity index (χ0v) is 18.5. The number of carbonyl (C=O) groups is 2. The number of halogens is 2. The third-order valence-electron chi connectivity index (χ3n) is 5.80. The molecule has 1 heterocycles. The summed E-state index contributed by atoms with van der Waals surface area (Å²) in [6, 6.07) is 10.0. The first-order chi connectivity index (χ1) is 15.2. The zero-order chi connectivity index (χ0) is 23.6. The number of aliphatic carboxylic acids is 1. The fraction of sp³-hybridized carbons (Fsp3) is 0.520. The summed E-state index contributed by atoms with van der Waals surface area (Å²) in [4.78, 5) is 23.6. The van der Waals surface area contributed by atoms with Crippen molar-refractivity contribution in [3.05, 3.63) is 60.2 Å². The van der Waals surface area contributed by atoms with Gasteiger partial charge in [0.1, 0.15) is 0 Å². The molecule has 0 spiro atoms. The van der Waals surface area contributed by atoms with Crippen LogP contribution in [0.2, 0.25) is 0 Å². The number of carboxylic acid groups (broad SMARTS) is 1. The maximum atomic E-state index is 14.4. The van der Waals surface area contributed by atoms with Gasteiger partial charge >= 0.3 is 11.9 Å². The van der Waals surface area contributed by atoms with E-state index in [-0.39, 0.29) is 25.4 Å². The highest BCUT2D eigenvalue weighted by atomic mass is 19.3. The van der Waals surface area contributed by atoms with Crippen molar-refractivity contribution < 1.29 is 28.6 Å². The molecule has 0 aliphatic carbocycles. The summed E-state index contributed by atoms with van der Waals surface area (Å²) >= 11 is 0. The molecule has 1 amide bonds. The topological polar surface area (TPSA) is 77.8 Å². The standard InChI is InChI=1S/C25H33F2NO4/c1-19(10-9-13-20-11-5-4-6-12-20)22(29)16-15-21-18-28(24(32)25(21,26)27)17-8-3-2-7-14-23(30)31/h3-6,8,11-12,15-16,19,21-22,29H,2,7,9-10,13-14,17-18H2,1H3,(H,30,31)/b8-3-,16-15+/t19-,21-,22+/m0/s1. The lowest BCUT2D eigenvalue weighted by Gasteiger charge is -2.17. The molecule has 1 aromatic rings. The summed E-state index contributed by atoms with van der Waals surface area (Å²) in [5.41, 5.74) is 1.23. The summed E-state index contributed by atoms with van der Waals surface area (Å²) in [6.45, 7) is 1.83. The summed E-state index contributed by atoms with van der Waals surface area (Å²) in [7, 11) is 0. The van der Waals surface area contributed by atoms with Crippen molar-refractivity contribution in [2.45, 2.75) is 57.5 Å². The van der Waals surface area contributed by atoms with E-state index in [9.17, 15) is 23.5 Å². The third kappa shape index (κ3) is 7.86. The number of aliphatic hydroxyl groups excluding tert-OH is 1. The fourth-order valence-corrected chi connectivity index (χ4v) is 3.72. The monoisotopic (exact) mass is 449 g/mol. The molecule has 2 rings (SSSR count). The smallest absolute Gasteiger partial charge is 0.332 e. The van der Waals surface area contributed by atoms with Crippen molar-refractivity contribution >= 4 is 11.9 Å². The van der Waals surface area contributed by atoms with E-state index in [0.29, 0.717) is 12.8 Å². The zero-order valence-electron chi connectivity index (χ0n) is 18.5. The number of nitrogens with zero attached hydrogens (tertiary/aromatic N) is 1. The predicted molar refractivity (Wildman–Crippen MR) is 119 cm³/mol. The Morgan fingerprint density at radius 2 is 1.97 bits per heavy atom. The Hall–Kier alpha value is -2.54. The minimum atomic E-state index is -3.50. The van der Waals surface area contributed by atoms with Crippen LogP contribution in [0.25, 0.3) is 0 Å². The van der Waals surface area contributed by atoms with Gasteiger partial charge in [-0.15, -0.1) is 0 Å². The Balaban J connectivity index is 1.80. The highest BCUT2D eigenvalue weighted by Gasteiger charge is 2.54. The Morgan fingerprint density at radius 3 is 2.66 bits per heavy atom. The molecule has 1 saturated heterocycles. The minimum absolute atomic E-state index is 0.0466. The van der Waals surface area contributed by atoms with Crippen LogP contribution in [-0.4, -0.2) is 52.1 Å². The lowest BCUT2D eigenvalue weighted by molar-refractivity contribution is -0.149. The number of allylic oxidation sites excluding steroid dienone is 1. The molecule has 0 aromatic heterocycles. The van der Waals surface area contributed by atoms with Gasteiger partial charge in [-0.1, -0.05) is 61.6 Å². The molecule has 3 atom stereocenters. The van der Waals surface area contributed by atoms with E-state index in [4.69, 9.17) is 5.11 Å². The number of aliphatic hydroxyl groups is 1. The molecule has 7 heteroatoms. The average molecular weight is 450 g/mol. The van der Waals surface area contributed by atoms with Crippen molar-refractivity contribution in [3.63, 3.8) is 0 Å². The number of unbranched alkanes of at least 4 members (excludes halogenated alkanes) is 1. The number of rotatable bonds is 13. The maximum absolute atomic E-state index is 14.4. The number of aryl methyl sites for hydroxylation is 1. The average Bonchev–Trinajstić information content (AvgIpc) is 2.97. The second-order valence-corrected chi connectivity index (χ2v) is 8.43. The molecule has 0 radical (unpaired) electrons. The summed E-state index contributed by atoms with van der Waals surface area (Å²) in [5, 5.41) is 19.0. The van der Waals surface area contributed by atoms with Gasteiger partial charge in [-0.25, -0.2) is 0 Å². The molecule has 0 unspecified atom stereocenters. The molecule has 32 heavy (non-hydrogen) atoms. The molecule has 1 aliphatic rings. The molecular formula is C25H33F2NO4. The second-order valence-electron chi connectivity index (χ2n) is 8.43. The number of alkyl halides is 2. The molecule has 1 aliphatic heterocycles. The van der Waals surface area contributed by atoms with Gasteiger partial charge in [-0.05, 0) is 43.6 Å². The molecule has 1 aromatic carbocycles. The molecule has 0 bridgehead atoms. The lowest BCUT2D eigenvalue weighted by atomic mass is 9.94. The van der Waals surface area contributed by atoms with Gasteiger partial charge in [-0.2, -0.15) is 8.78 Å². The molecule has 0 saturated carbocycles. The first-order valence-electron chi connectivity index (χ1n) is 11.2. The number of carbonyl (C=O) groups excluding carboxylic acids is 1. The van der Waals surface area contributed by atoms with Gasteiger partial charge in [0.2, 0.25) is 0 Å². The van der Waals surface area contributed by atoms with Crippen molar-refractivity contribution in [1.29, 1.82) is 0 Å². The SMILES string of the molecule is C[C@@H](CCCc1ccccc1)[C@H](O)/C=C/[C@H]1CN(C/C=C\CCCC(=O)O)C(=O)C1(F)F. The second kappa shape index (κ2) is 12.5. The molecule has 2 N–H and O–H groups in total. The van der Waals surface area contributed by atoms with Gasteiger partial charge in [0.25, 0.3) is 5.91 Å². The molecule has 5 nitrogen and oxygen atoms in total. The van der Waals surface area contributed by atoms with Gasteiger partial charge in [0.05, 0.1) is 12.0 Å². The van der Waals surface area contributed by atoms with E-state index in [1.165, 1.54) is 17.7 Å². The molecule has 176 valence electrons. The van der Waals surface area contributed by atoms with Crippen LogP contribution in [0.3, 0.4) is 0 Å². The first-order valence-corrected chi connectivity index (χ1v) is 11.2. The van der Waals surface area contributed by atoms with Crippen LogP contribution in [-0.2, 0) is 16.0 Å². The quantitative estimate of drug-likeness (QED) is 0.344. The molecular weight excluding hydrogens is 416 g/mol. The molecule has 1 fully saturated rings. The van der Waals surface area contributed by atoms with E-state index >= 15 is 0 Å². The van der Waals surface area contributed by atoms with E-state index in [1.54, 1.807) is 12.2 Å². The van der Waals surface area contributed by atoms with Crippen LogP contribution in [0.15, 0.2) is 54.6 Å². The predicted octanol–water partition coefficient (Wildman–Crippen LogP) is 4.47. The van der Waals surface area contributed by atoms with Crippen molar-refractivity contribution in [1.82, 2.24) is 4.90 Å². The van der Waals surface area contributed by atoms with Crippen molar-refractivity contribution in [2.24, 2.45) is 11.8 Å². The summed E-state index contributed by atoms with van der Waals surface area (Å²) in [6.07, 6.45) is 8.71. The van der Waals surface area contributed by atoms with Crippen LogP contribution in [0.1, 0.15) is 44.6 Å². The number of benzene rings is 1. The highest BCUT2D eigenvalue weighted by Crippen LogP contribution is 2.35. The summed E-state index contributed by atoms with van der Waals surface area (Å²) in [5.74, 6) is -6.95.